The van der Waals surface area contributed by atoms with Gasteiger partial charge in [-0.2, -0.15) is 4.57 Å². The van der Waals surface area contributed by atoms with Crippen molar-refractivity contribution in [1.82, 2.24) is 0 Å². The van der Waals surface area contributed by atoms with Gasteiger partial charge in [0, 0.05) is 29.8 Å². The van der Waals surface area contributed by atoms with Crippen molar-refractivity contribution >= 4 is 21.8 Å². The molecule has 1 heterocycles. The van der Waals surface area contributed by atoms with Gasteiger partial charge in [-0.15, -0.1) is 0 Å². The van der Waals surface area contributed by atoms with E-state index in [4.69, 9.17) is 0 Å². The van der Waals surface area contributed by atoms with Gasteiger partial charge in [-0.05, 0) is 36.4 Å². The second-order valence-corrected chi connectivity index (χ2v) is 7.45. The molecule has 0 bridgehead atoms. The van der Waals surface area contributed by atoms with Crippen LogP contribution in [0.4, 0.5) is 35.1 Å². The fourth-order valence-electron chi connectivity index (χ4n) is 4.04. The van der Waals surface area contributed by atoms with E-state index in [9.17, 15) is 35.1 Å². The third-order valence-corrected chi connectivity index (χ3v) is 5.48. The zero-order valence-corrected chi connectivity index (χ0v) is 16.7. The van der Waals surface area contributed by atoms with Crippen molar-refractivity contribution in [3.63, 3.8) is 0 Å². The maximum Gasteiger partial charge on any atom is 0.219 e. The zero-order valence-electron chi connectivity index (χ0n) is 16.7. The molecule has 4 aromatic carbocycles. The molecule has 0 aliphatic carbocycles. The van der Waals surface area contributed by atoms with Crippen molar-refractivity contribution in [3.05, 3.63) is 107 Å². The summed E-state index contributed by atoms with van der Waals surface area (Å²) in [4.78, 5) is 0. The Morgan fingerprint density at radius 2 is 0.824 bits per heavy atom. The highest BCUT2D eigenvalue weighted by atomic mass is 19.2. The van der Waals surface area contributed by atoms with Gasteiger partial charge in [0.05, 0.1) is 16.3 Å². The number of fused-ring (bicyclic) bond motifs is 2. The molecular weight excluding hydrogens is 466 g/mol. The van der Waals surface area contributed by atoms with Gasteiger partial charge >= 0.3 is 0 Å². The van der Waals surface area contributed by atoms with Crippen LogP contribution >= 0.6 is 0 Å². The Kier molecular flexibility index (Phi) is 5.00. The van der Waals surface area contributed by atoms with Crippen LogP contribution in [0.1, 0.15) is 0 Å². The van der Waals surface area contributed by atoms with Crippen molar-refractivity contribution in [3.8, 4) is 16.8 Å². The highest BCUT2D eigenvalue weighted by molar-refractivity contribution is 6.07. The number of benzene rings is 4. The number of hydrogen-bond donors (Lipinski definition) is 0. The van der Waals surface area contributed by atoms with Gasteiger partial charge in [0.15, 0.2) is 23.3 Å². The molecule has 0 fully saturated rings. The summed E-state index contributed by atoms with van der Waals surface area (Å²) in [7, 11) is 0. The molecule has 0 aliphatic heterocycles. The molecule has 0 spiro atoms. The van der Waals surface area contributed by atoms with E-state index >= 15 is 0 Å². The van der Waals surface area contributed by atoms with Crippen molar-refractivity contribution in [2.45, 2.75) is 0 Å². The van der Waals surface area contributed by atoms with Gasteiger partial charge < -0.3 is 0 Å². The van der Waals surface area contributed by atoms with E-state index < -0.39 is 57.7 Å². The second-order valence-electron chi connectivity index (χ2n) is 7.45. The van der Waals surface area contributed by atoms with E-state index in [1.807, 2.05) is 0 Å². The van der Waals surface area contributed by atoms with Gasteiger partial charge in [0.25, 0.3) is 0 Å². The SMILES string of the molecule is Fc1ccc(-[n+]2c3ccc(F)cc3c(-c3c(F)c(F)c(F)c(F)c3F)c3cc(F)ccc32)cc1. The predicted molar refractivity (Wildman–Crippen MR) is 108 cm³/mol. The summed E-state index contributed by atoms with van der Waals surface area (Å²) in [6.07, 6.45) is 0. The standard InChI is InChI=1S/C25H10F8N/c26-11-1-5-14(6-2-11)34-17-7-3-12(27)9-15(17)19(16-10-13(28)4-8-18(16)34)20-21(29)23(31)25(33)24(32)22(20)30/h1-10H/q+1. The Balaban J connectivity index is 2.07. The average molecular weight is 476 g/mol. The lowest BCUT2D eigenvalue weighted by molar-refractivity contribution is -0.538. The zero-order chi connectivity index (χ0) is 24.3. The lowest BCUT2D eigenvalue weighted by Crippen LogP contribution is -2.33. The van der Waals surface area contributed by atoms with Crippen LogP contribution in [-0.4, -0.2) is 0 Å². The van der Waals surface area contributed by atoms with Crippen molar-refractivity contribution < 1.29 is 39.7 Å². The van der Waals surface area contributed by atoms with Gasteiger partial charge in [0.2, 0.25) is 22.5 Å². The first-order valence-corrected chi connectivity index (χ1v) is 9.73. The van der Waals surface area contributed by atoms with E-state index in [2.05, 4.69) is 0 Å². The summed E-state index contributed by atoms with van der Waals surface area (Å²) >= 11 is 0. The Bertz CT molecular complexity index is 1540. The first kappa shape index (κ1) is 21.8. The Morgan fingerprint density at radius 1 is 0.412 bits per heavy atom. The fraction of sp³-hybridized carbons (Fsp3) is 0. The van der Waals surface area contributed by atoms with Crippen LogP contribution in [0.5, 0.6) is 0 Å². The Labute approximate surface area is 186 Å². The number of nitrogens with zero attached hydrogens (tertiary/aromatic N) is 1. The van der Waals surface area contributed by atoms with Crippen LogP contribution in [-0.2, 0) is 0 Å². The third kappa shape index (κ3) is 3.19. The van der Waals surface area contributed by atoms with E-state index in [0.29, 0.717) is 5.69 Å². The summed E-state index contributed by atoms with van der Waals surface area (Å²) in [5.41, 5.74) is -1.42. The molecule has 0 unspecified atom stereocenters. The van der Waals surface area contributed by atoms with E-state index in [1.54, 1.807) is 0 Å². The summed E-state index contributed by atoms with van der Waals surface area (Å²) in [5.74, 6) is -13.4. The second kappa shape index (κ2) is 7.79. The summed E-state index contributed by atoms with van der Waals surface area (Å²) in [5, 5.41) is -0.517. The largest absolute Gasteiger partial charge is 0.219 e. The molecule has 34 heavy (non-hydrogen) atoms. The minimum Gasteiger partial charge on any atom is -0.207 e. The molecule has 1 nitrogen and oxygen atoms in total. The molecule has 5 aromatic rings. The van der Waals surface area contributed by atoms with E-state index in [0.717, 1.165) is 36.4 Å². The number of hydrogen-bond acceptors (Lipinski definition) is 0. The fourth-order valence-corrected chi connectivity index (χ4v) is 4.04. The van der Waals surface area contributed by atoms with Crippen LogP contribution in [0.15, 0.2) is 60.7 Å². The minimum absolute atomic E-state index is 0.0889. The quantitative estimate of drug-likeness (QED) is 0.0846. The summed E-state index contributed by atoms with van der Waals surface area (Å²) in [6.45, 7) is 0. The Morgan fingerprint density at radius 3 is 1.29 bits per heavy atom. The molecule has 5 rings (SSSR count). The molecule has 170 valence electrons. The van der Waals surface area contributed by atoms with Gasteiger partial charge in [-0.3, -0.25) is 0 Å². The lowest BCUT2D eigenvalue weighted by Gasteiger charge is -2.14. The number of rotatable bonds is 2. The summed E-state index contributed by atoms with van der Waals surface area (Å²) in [6, 6.07) is 11.2. The molecule has 0 radical (unpaired) electrons. The third-order valence-electron chi connectivity index (χ3n) is 5.48. The minimum atomic E-state index is -2.36. The van der Waals surface area contributed by atoms with E-state index in [-0.39, 0.29) is 21.8 Å². The van der Waals surface area contributed by atoms with Gasteiger partial charge in [-0.25, -0.2) is 35.1 Å². The highest BCUT2D eigenvalue weighted by Gasteiger charge is 2.32. The first-order valence-electron chi connectivity index (χ1n) is 9.73. The first-order chi connectivity index (χ1) is 16.2. The maximum absolute atomic E-state index is 14.9. The van der Waals surface area contributed by atoms with Crippen molar-refractivity contribution in [2.24, 2.45) is 0 Å². The van der Waals surface area contributed by atoms with Crippen LogP contribution < -0.4 is 4.57 Å². The number of pyridine rings is 1. The molecule has 0 aliphatic rings. The Hall–Kier alpha value is -4.01. The summed E-state index contributed by atoms with van der Waals surface area (Å²) < 4.78 is 115. The molecule has 0 atom stereocenters. The van der Waals surface area contributed by atoms with Crippen LogP contribution in [0.2, 0.25) is 0 Å². The van der Waals surface area contributed by atoms with E-state index in [1.165, 1.54) is 28.8 Å². The molecule has 0 N–H and O–H groups in total. The number of aromatic nitrogens is 1. The monoisotopic (exact) mass is 476 g/mol. The van der Waals surface area contributed by atoms with Crippen molar-refractivity contribution in [2.75, 3.05) is 0 Å². The van der Waals surface area contributed by atoms with Crippen LogP contribution in [0.25, 0.3) is 38.6 Å². The van der Waals surface area contributed by atoms with Gasteiger partial charge in [-0.1, -0.05) is 0 Å². The van der Waals surface area contributed by atoms with Crippen molar-refractivity contribution in [1.29, 1.82) is 0 Å². The van der Waals surface area contributed by atoms with Crippen LogP contribution in [0, 0.1) is 46.5 Å². The molecule has 1 aromatic heterocycles. The van der Waals surface area contributed by atoms with Gasteiger partial charge in [0.1, 0.15) is 17.5 Å². The predicted octanol–water partition coefficient (Wildman–Crippen LogP) is 7.05. The topological polar surface area (TPSA) is 3.88 Å². The molecule has 0 saturated carbocycles. The molecule has 0 saturated heterocycles. The van der Waals surface area contributed by atoms with Crippen LogP contribution in [0.3, 0.4) is 0 Å². The number of halogens is 8. The highest BCUT2D eigenvalue weighted by Crippen LogP contribution is 2.40. The lowest BCUT2D eigenvalue weighted by atomic mass is 9.94. The maximum atomic E-state index is 14.9. The molecule has 0 amide bonds. The smallest absolute Gasteiger partial charge is 0.207 e. The normalized spacial score (nSPS) is 11.5. The molecular formula is C25H10F8N+. The molecule has 9 heteroatoms. The average Bonchev–Trinajstić information content (AvgIpc) is 2.82.